The minimum Gasteiger partial charge on any atom is -0.316 e. The third-order valence-corrected chi connectivity index (χ3v) is 3.53. The van der Waals surface area contributed by atoms with Crippen molar-refractivity contribution in [2.75, 3.05) is 25.4 Å². The minimum absolute atomic E-state index is 0.271. The maximum atomic E-state index is 11.1. The van der Waals surface area contributed by atoms with Crippen LogP contribution in [-0.2, 0) is 10.0 Å². The summed E-state index contributed by atoms with van der Waals surface area (Å²) in [5, 5.41) is 3.11. The van der Waals surface area contributed by atoms with E-state index in [1.807, 2.05) is 0 Å². The van der Waals surface area contributed by atoms with E-state index in [1.54, 1.807) is 6.92 Å². The SMILES string of the molecule is CCNS(=O)(=O)CCC1CNC1. The summed E-state index contributed by atoms with van der Waals surface area (Å²) in [5.41, 5.74) is 0. The van der Waals surface area contributed by atoms with Crippen LogP contribution in [0.1, 0.15) is 13.3 Å². The van der Waals surface area contributed by atoms with Gasteiger partial charge < -0.3 is 5.32 Å². The van der Waals surface area contributed by atoms with Crippen molar-refractivity contribution in [3.05, 3.63) is 0 Å². The van der Waals surface area contributed by atoms with E-state index in [4.69, 9.17) is 0 Å². The van der Waals surface area contributed by atoms with Gasteiger partial charge in [0.2, 0.25) is 10.0 Å². The summed E-state index contributed by atoms with van der Waals surface area (Å²) < 4.78 is 24.8. The molecule has 1 heterocycles. The average molecular weight is 192 g/mol. The standard InChI is InChI=1S/C7H16N2O2S/c1-2-9-12(10,11)4-3-7-5-8-6-7/h7-9H,2-6H2,1H3. The lowest BCUT2D eigenvalue weighted by Gasteiger charge is -2.26. The van der Waals surface area contributed by atoms with Crippen molar-refractivity contribution in [2.45, 2.75) is 13.3 Å². The molecule has 12 heavy (non-hydrogen) atoms. The second-order valence-corrected chi connectivity index (χ2v) is 5.06. The highest BCUT2D eigenvalue weighted by Crippen LogP contribution is 2.08. The summed E-state index contributed by atoms with van der Waals surface area (Å²) in [4.78, 5) is 0. The molecule has 1 saturated heterocycles. The topological polar surface area (TPSA) is 58.2 Å². The van der Waals surface area contributed by atoms with Gasteiger partial charge in [-0.15, -0.1) is 0 Å². The summed E-state index contributed by atoms with van der Waals surface area (Å²) in [7, 11) is -2.98. The summed E-state index contributed by atoms with van der Waals surface area (Å²) in [5.74, 6) is 0.839. The van der Waals surface area contributed by atoms with Crippen molar-refractivity contribution in [3.63, 3.8) is 0 Å². The van der Waals surface area contributed by atoms with E-state index in [0.29, 0.717) is 12.5 Å². The van der Waals surface area contributed by atoms with Crippen LogP contribution >= 0.6 is 0 Å². The van der Waals surface area contributed by atoms with Crippen LogP contribution in [-0.4, -0.2) is 33.8 Å². The molecule has 0 spiro atoms. The van der Waals surface area contributed by atoms with Gasteiger partial charge in [-0.2, -0.15) is 0 Å². The smallest absolute Gasteiger partial charge is 0.211 e. The lowest BCUT2D eigenvalue weighted by Crippen LogP contribution is -2.43. The highest BCUT2D eigenvalue weighted by molar-refractivity contribution is 7.89. The molecule has 2 N–H and O–H groups in total. The Kier molecular flexibility index (Phi) is 3.49. The fraction of sp³-hybridized carbons (Fsp3) is 1.00. The van der Waals surface area contributed by atoms with E-state index < -0.39 is 10.0 Å². The summed E-state index contributed by atoms with van der Waals surface area (Å²) >= 11 is 0. The first-order valence-electron chi connectivity index (χ1n) is 4.32. The highest BCUT2D eigenvalue weighted by atomic mass is 32.2. The van der Waals surface area contributed by atoms with Crippen LogP contribution < -0.4 is 10.0 Å². The molecule has 1 aliphatic heterocycles. The fourth-order valence-electron chi connectivity index (χ4n) is 1.17. The number of sulfonamides is 1. The van der Waals surface area contributed by atoms with Gasteiger partial charge >= 0.3 is 0 Å². The molecule has 5 heteroatoms. The number of nitrogens with one attached hydrogen (secondary N) is 2. The first-order chi connectivity index (χ1) is 5.64. The zero-order valence-corrected chi connectivity index (χ0v) is 8.15. The van der Waals surface area contributed by atoms with Crippen LogP contribution in [0.2, 0.25) is 0 Å². The Morgan fingerprint density at radius 2 is 2.17 bits per heavy atom. The van der Waals surface area contributed by atoms with Crippen LogP contribution in [0.4, 0.5) is 0 Å². The second kappa shape index (κ2) is 4.20. The van der Waals surface area contributed by atoms with Gasteiger partial charge in [-0.1, -0.05) is 6.92 Å². The predicted octanol–water partition coefficient (Wildman–Crippen LogP) is -0.465. The van der Waals surface area contributed by atoms with Crippen molar-refractivity contribution in [3.8, 4) is 0 Å². The Balaban J connectivity index is 2.20. The molecule has 0 bridgehead atoms. The van der Waals surface area contributed by atoms with Crippen LogP contribution in [0.3, 0.4) is 0 Å². The molecule has 0 unspecified atom stereocenters. The third-order valence-electron chi connectivity index (χ3n) is 2.03. The molecule has 4 nitrogen and oxygen atoms in total. The predicted molar refractivity (Wildman–Crippen MR) is 48.4 cm³/mol. The Labute approximate surface area is 73.8 Å². The lowest BCUT2D eigenvalue weighted by atomic mass is 10.0. The molecule has 0 aliphatic carbocycles. The van der Waals surface area contributed by atoms with Crippen molar-refractivity contribution < 1.29 is 8.42 Å². The normalized spacial score (nSPS) is 19.1. The Morgan fingerprint density at radius 3 is 2.58 bits per heavy atom. The molecule has 72 valence electrons. The van der Waals surface area contributed by atoms with Crippen molar-refractivity contribution in [2.24, 2.45) is 5.92 Å². The number of hydrogen-bond acceptors (Lipinski definition) is 3. The van der Waals surface area contributed by atoms with E-state index in [-0.39, 0.29) is 5.75 Å². The largest absolute Gasteiger partial charge is 0.316 e. The molecular formula is C7H16N2O2S. The average Bonchev–Trinajstić information content (AvgIpc) is 1.82. The zero-order valence-electron chi connectivity index (χ0n) is 7.34. The van der Waals surface area contributed by atoms with Crippen LogP contribution in [0.5, 0.6) is 0 Å². The minimum atomic E-state index is -2.98. The molecular weight excluding hydrogens is 176 g/mol. The maximum Gasteiger partial charge on any atom is 0.211 e. The molecule has 0 aromatic rings. The lowest BCUT2D eigenvalue weighted by molar-refractivity contribution is 0.339. The molecule has 1 fully saturated rings. The van der Waals surface area contributed by atoms with Crippen molar-refractivity contribution in [1.29, 1.82) is 0 Å². The van der Waals surface area contributed by atoms with Gasteiger partial charge in [-0.05, 0) is 25.4 Å². The quantitative estimate of drug-likeness (QED) is 0.619. The summed E-state index contributed by atoms with van der Waals surface area (Å²) in [6.45, 7) is 4.23. The fourth-order valence-corrected chi connectivity index (χ4v) is 2.39. The van der Waals surface area contributed by atoms with E-state index in [9.17, 15) is 8.42 Å². The molecule has 1 rings (SSSR count). The van der Waals surface area contributed by atoms with Gasteiger partial charge in [0.15, 0.2) is 0 Å². The molecule has 0 radical (unpaired) electrons. The first-order valence-corrected chi connectivity index (χ1v) is 5.97. The maximum absolute atomic E-state index is 11.1. The summed E-state index contributed by atoms with van der Waals surface area (Å²) in [6.07, 6.45) is 0.780. The molecule has 0 aromatic carbocycles. The summed E-state index contributed by atoms with van der Waals surface area (Å²) in [6, 6.07) is 0. The van der Waals surface area contributed by atoms with E-state index in [2.05, 4.69) is 10.0 Å². The van der Waals surface area contributed by atoms with Crippen LogP contribution in [0.25, 0.3) is 0 Å². The van der Waals surface area contributed by atoms with Crippen molar-refractivity contribution in [1.82, 2.24) is 10.0 Å². The van der Waals surface area contributed by atoms with Gasteiger partial charge in [0.05, 0.1) is 5.75 Å². The molecule has 0 amide bonds. The van der Waals surface area contributed by atoms with Gasteiger partial charge in [0.1, 0.15) is 0 Å². The first kappa shape index (κ1) is 9.95. The Morgan fingerprint density at radius 1 is 1.50 bits per heavy atom. The molecule has 0 aromatic heterocycles. The third kappa shape index (κ3) is 3.08. The van der Waals surface area contributed by atoms with E-state index >= 15 is 0 Å². The van der Waals surface area contributed by atoms with E-state index in [0.717, 1.165) is 19.5 Å². The Hall–Kier alpha value is -0.130. The van der Waals surface area contributed by atoms with Gasteiger partial charge in [-0.25, -0.2) is 13.1 Å². The number of rotatable bonds is 5. The monoisotopic (exact) mass is 192 g/mol. The zero-order chi connectivity index (χ0) is 9.03. The van der Waals surface area contributed by atoms with Gasteiger partial charge in [-0.3, -0.25) is 0 Å². The molecule has 0 atom stereocenters. The molecule has 1 aliphatic rings. The van der Waals surface area contributed by atoms with Gasteiger partial charge in [0.25, 0.3) is 0 Å². The second-order valence-electron chi connectivity index (χ2n) is 3.13. The van der Waals surface area contributed by atoms with Gasteiger partial charge in [0, 0.05) is 6.54 Å². The van der Waals surface area contributed by atoms with Crippen LogP contribution in [0, 0.1) is 5.92 Å². The van der Waals surface area contributed by atoms with Crippen molar-refractivity contribution >= 4 is 10.0 Å². The highest BCUT2D eigenvalue weighted by Gasteiger charge is 2.19. The Bertz CT molecular complexity index is 222. The van der Waals surface area contributed by atoms with E-state index in [1.165, 1.54) is 0 Å². The molecule has 0 saturated carbocycles. The van der Waals surface area contributed by atoms with Crippen LogP contribution in [0.15, 0.2) is 0 Å². The number of hydrogen-bond donors (Lipinski definition) is 2.